The third-order valence-electron chi connectivity index (χ3n) is 7.49. The van der Waals surface area contributed by atoms with Gasteiger partial charge >= 0.3 is 6.09 Å². The van der Waals surface area contributed by atoms with Crippen LogP contribution in [0.2, 0.25) is 0 Å². The summed E-state index contributed by atoms with van der Waals surface area (Å²) in [5.74, 6) is 2.41. The molecule has 0 spiro atoms. The van der Waals surface area contributed by atoms with Crippen molar-refractivity contribution in [3.05, 3.63) is 29.8 Å². The fourth-order valence-corrected chi connectivity index (χ4v) is 6.70. The molecule has 0 aliphatic heterocycles. The number of carbonyl (C=O) groups excluding carboxylic acids is 3. The van der Waals surface area contributed by atoms with Gasteiger partial charge in [0.25, 0.3) is 0 Å². The number of hydrogen-bond acceptors (Lipinski definition) is 4. The fourth-order valence-electron chi connectivity index (χ4n) is 6.70. The molecular formula is C27H39N3O4. The molecule has 4 saturated carbocycles. The fraction of sp³-hybridized carbons (Fsp3) is 0.667. The summed E-state index contributed by atoms with van der Waals surface area (Å²) in [6.45, 7) is 5.94. The third kappa shape index (κ3) is 6.51. The summed E-state index contributed by atoms with van der Waals surface area (Å²) < 4.78 is 5.18. The van der Waals surface area contributed by atoms with Crippen LogP contribution in [-0.4, -0.2) is 30.1 Å². The molecule has 1 aromatic rings. The van der Waals surface area contributed by atoms with Gasteiger partial charge in [0.15, 0.2) is 0 Å². The molecule has 0 unspecified atom stereocenters. The van der Waals surface area contributed by atoms with E-state index >= 15 is 0 Å². The normalized spacial score (nSPS) is 27.2. The standard InChI is InChI=1S/C27H39N3O4/c1-26(2,3)34-25(33)28-9-8-23(31)30-22-7-5-4-6-21(22)17-29-24(32)16-27-13-18-10-19(14-27)12-20(11-18)15-27/h4-7,18-20H,8-17H2,1-3H3,(H,28,33)(H,29,32)(H,30,31). The number of benzene rings is 1. The molecule has 5 rings (SSSR count). The van der Waals surface area contributed by atoms with Crippen molar-refractivity contribution in [3.8, 4) is 0 Å². The molecule has 0 radical (unpaired) electrons. The SMILES string of the molecule is CC(C)(C)OC(=O)NCCC(=O)Nc1ccccc1CNC(=O)CC12CC3CC(CC(C3)C1)C2. The predicted molar refractivity (Wildman–Crippen MR) is 131 cm³/mol. The van der Waals surface area contributed by atoms with Crippen LogP contribution in [0.4, 0.5) is 10.5 Å². The molecule has 0 saturated heterocycles. The van der Waals surface area contributed by atoms with Gasteiger partial charge in [0, 0.05) is 31.6 Å². The number of rotatable bonds is 8. The number of hydrogen-bond donors (Lipinski definition) is 3. The lowest BCUT2D eigenvalue weighted by molar-refractivity contribution is -0.129. The predicted octanol–water partition coefficient (Wildman–Crippen LogP) is 4.76. The van der Waals surface area contributed by atoms with E-state index in [1.165, 1.54) is 38.5 Å². The minimum Gasteiger partial charge on any atom is -0.444 e. The van der Waals surface area contributed by atoms with Crippen LogP contribution in [0.1, 0.15) is 77.7 Å². The summed E-state index contributed by atoms with van der Waals surface area (Å²) in [6.07, 6.45) is 8.00. The zero-order chi connectivity index (χ0) is 24.3. The summed E-state index contributed by atoms with van der Waals surface area (Å²) >= 11 is 0. The average molecular weight is 470 g/mol. The monoisotopic (exact) mass is 469 g/mol. The van der Waals surface area contributed by atoms with Gasteiger partial charge in [-0.25, -0.2) is 4.79 Å². The first kappa shape index (κ1) is 24.6. The summed E-state index contributed by atoms with van der Waals surface area (Å²) in [4.78, 5) is 37.0. The Morgan fingerprint density at radius 3 is 2.18 bits per heavy atom. The highest BCUT2D eigenvalue weighted by Gasteiger charge is 2.51. The second-order valence-corrected chi connectivity index (χ2v) is 11.8. The Hall–Kier alpha value is -2.57. The summed E-state index contributed by atoms with van der Waals surface area (Å²) in [6, 6.07) is 7.51. The minimum atomic E-state index is -0.578. The summed E-state index contributed by atoms with van der Waals surface area (Å²) in [7, 11) is 0. The molecule has 186 valence electrons. The van der Waals surface area contributed by atoms with Crippen molar-refractivity contribution in [3.63, 3.8) is 0 Å². The van der Waals surface area contributed by atoms with Crippen molar-refractivity contribution in [2.45, 2.75) is 84.3 Å². The smallest absolute Gasteiger partial charge is 0.407 e. The molecule has 34 heavy (non-hydrogen) atoms. The van der Waals surface area contributed by atoms with E-state index in [-0.39, 0.29) is 30.2 Å². The van der Waals surface area contributed by atoms with Crippen LogP contribution >= 0.6 is 0 Å². The van der Waals surface area contributed by atoms with Gasteiger partial charge in [0.05, 0.1) is 0 Å². The highest BCUT2D eigenvalue weighted by molar-refractivity contribution is 5.92. The van der Waals surface area contributed by atoms with Crippen molar-refractivity contribution < 1.29 is 19.1 Å². The number of alkyl carbamates (subject to hydrolysis) is 1. The zero-order valence-corrected chi connectivity index (χ0v) is 20.7. The highest BCUT2D eigenvalue weighted by Crippen LogP contribution is 2.61. The van der Waals surface area contributed by atoms with Crippen LogP contribution in [0.25, 0.3) is 0 Å². The van der Waals surface area contributed by atoms with Crippen LogP contribution < -0.4 is 16.0 Å². The molecule has 4 bridgehead atoms. The lowest BCUT2D eigenvalue weighted by Gasteiger charge is -2.56. The second kappa shape index (κ2) is 9.96. The third-order valence-corrected chi connectivity index (χ3v) is 7.49. The maximum atomic E-state index is 12.9. The molecular weight excluding hydrogens is 430 g/mol. The van der Waals surface area contributed by atoms with Crippen molar-refractivity contribution >= 4 is 23.6 Å². The number of para-hydroxylation sites is 1. The van der Waals surface area contributed by atoms with E-state index < -0.39 is 11.7 Å². The number of carbonyl (C=O) groups is 3. The van der Waals surface area contributed by atoms with E-state index in [0.717, 1.165) is 23.3 Å². The maximum Gasteiger partial charge on any atom is 0.407 e. The number of nitrogens with one attached hydrogen (secondary N) is 3. The van der Waals surface area contributed by atoms with Crippen LogP contribution in [0.3, 0.4) is 0 Å². The molecule has 0 aromatic heterocycles. The van der Waals surface area contributed by atoms with Crippen LogP contribution in [0, 0.1) is 23.2 Å². The molecule has 4 aliphatic carbocycles. The van der Waals surface area contributed by atoms with Crippen LogP contribution in [0.15, 0.2) is 24.3 Å². The van der Waals surface area contributed by atoms with Gasteiger partial charge < -0.3 is 20.7 Å². The van der Waals surface area contributed by atoms with E-state index in [1.807, 2.05) is 24.3 Å². The number of ether oxygens (including phenoxy) is 1. The van der Waals surface area contributed by atoms with Gasteiger partial charge in [0.2, 0.25) is 11.8 Å². The molecule has 4 aliphatic rings. The first-order chi connectivity index (χ1) is 16.1. The Bertz CT molecular complexity index is 885. The highest BCUT2D eigenvalue weighted by atomic mass is 16.6. The van der Waals surface area contributed by atoms with E-state index in [4.69, 9.17) is 4.74 Å². The van der Waals surface area contributed by atoms with Crippen molar-refractivity contribution in [1.29, 1.82) is 0 Å². The largest absolute Gasteiger partial charge is 0.444 e. The maximum absolute atomic E-state index is 12.9. The first-order valence-corrected chi connectivity index (χ1v) is 12.7. The van der Waals surface area contributed by atoms with Gasteiger partial charge in [-0.15, -0.1) is 0 Å². The van der Waals surface area contributed by atoms with Gasteiger partial charge in [-0.2, -0.15) is 0 Å². The molecule has 3 amide bonds. The van der Waals surface area contributed by atoms with E-state index in [1.54, 1.807) is 20.8 Å². The lowest BCUT2D eigenvalue weighted by atomic mass is 9.49. The van der Waals surface area contributed by atoms with Gasteiger partial charge in [-0.05, 0) is 94.1 Å². The van der Waals surface area contributed by atoms with Crippen LogP contribution in [0.5, 0.6) is 0 Å². The average Bonchev–Trinajstić information content (AvgIpc) is 2.70. The number of amides is 3. The Balaban J connectivity index is 1.24. The molecule has 3 N–H and O–H groups in total. The topological polar surface area (TPSA) is 96.5 Å². The lowest BCUT2D eigenvalue weighted by Crippen LogP contribution is -2.47. The minimum absolute atomic E-state index is 0.115. The van der Waals surface area contributed by atoms with Gasteiger partial charge in [0.1, 0.15) is 5.60 Å². The Morgan fingerprint density at radius 2 is 1.56 bits per heavy atom. The summed E-state index contributed by atoms with van der Waals surface area (Å²) in [5.41, 5.74) is 1.19. The second-order valence-electron chi connectivity index (χ2n) is 11.8. The van der Waals surface area contributed by atoms with Crippen molar-refractivity contribution in [1.82, 2.24) is 10.6 Å². The quantitative estimate of drug-likeness (QED) is 0.511. The molecule has 0 heterocycles. The molecule has 7 nitrogen and oxygen atoms in total. The van der Waals surface area contributed by atoms with Gasteiger partial charge in [-0.1, -0.05) is 18.2 Å². The number of anilines is 1. The Morgan fingerprint density at radius 1 is 0.941 bits per heavy atom. The Labute approximate surface area is 202 Å². The zero-order valence-electron chi connectivity index (χ0n) is 20.7. The summed E-state index contributed by atoms with van der Waals surface area (Å²) in [5, 5.41) is 8.60. The van der Waals surface area contributed by atoms with Gasteiger partial charge in [-0.3, -0.25) is 9.59 Å². The Kier molecular flexibility index (Phi) is 7.20. The van der Waals surface area contributed by atoms with Crippen LogP contribution in [-0.2, 0) is 20.9 Å². The van der Waals surface area contributed by atoms with E-state index in [0.29, 0.717) is 18.7 Å². The molecule has 7 heteroatoms. The first-order valence-electron chi connectivity index (χ1n) is 12.7. The molecule has 1 aromatic carbocycles. The van der Waals surface area contributed by atoms with E-state index in [9.17, 15) is 14.4 Å². The van der Waals surface area contributed by atoms with Crippen molar-refractivity contribution in [2.24, 2.45) is 23.2 Å². The molecule has 4 fully saturated rings. The van der Waals surface area contributed by atoms with E-state index in [2.05, 4.69) is 16.0 Å². The molecule has 0 atom stereocenters. The van der Waals surface area contributed by atoms with Crippen molar-refractivity contribution in [2.75, 3.05) is 11.9 Å².